The van der Waals surface area contributed by atoms with Gasteiger partial charge in [0, 0.05) is 17.0 Å². The first-order valence-corrected chi connectivity index (χ1v) is 9.27. The van der Waals surface area contributed by atoms with Crippen molar-refractivity contribution in [2.75, 3.05) is 0 Å². The van der Waals surface area contributed by atoms with Crippen molar-refractivity contribution in [3.63, 3.8) is 0 Å². The van der Waals surface area contributed by atoms with Gasteiger partial charge in [-0.2, -0.15) is 0 Å². The van der Waals surface area contributed by atoms with E-state index < -0.39 is 9.84 Å². The summed E-state index contributed by atoms with van der Waals surface area (Å²) < 4.78 is 27.9. The molecule has 0 spiro atoms. The van der Waals surface area contributed by atoms with Crippen LogP contribution in [0.3, 0.4) is 0 Å². The SMILES string of the molecule is Cc1ccc2c(=O)c3cccc4c3n(c2c1)-c1ncccc1S4(=O)=O. The van der Waals surface area contributed by atoms with Gasteiger partial charge < -0.3 is 0 Å². The van der Waals surface area contributed by atoms with E-state index in [0.29, 0.717) is 27.6 Å². The van der Waals surface area contributed by atoms with Crippen LogP contribution in [0, 0.1) is 6.92 Å². The number of aromatic nitrogens is 2. The summed E-state index contributed by atoms with van der Waals surface area (Å²) in [6, 6.07) is 13.5. The van der Waals surface area contributed by atoms with E-state index >= 15 is 0 Å². The molecule has 0 saturated heterocycles. The highest BCUT2D eigenvalue weighted by Gasteiger charge is 2.32. The van der Waals surface area contributed by atoms with Gasteiger partial charge in [-0.1, -0.05) is 12.1 Å². The Bertz CT molecular complexity index is 1390. The first-order valence-electron chi connectivity index (χ1n) is 7.79. The maximum atomic E-state index is 13.0. The molecule has 1 aliphatic rings. The van der Waals surface area contributed by atoms with Crippen molar-refractivity contribution in [2.24, 2.45) is 0 Å². The van der Waals surface area contributed by atoms with Gasteiger partial charge in [0.1, 0.15) is 4.90 Å². The highest BCUT2D eigenvalue weighted by atomic mass is 32.2. The molecule has 122 valence electrons. The molecular weight excluding hydrogens is 336 g/mol. The Labute approximate surface area is 143 Å². The van der Waals surface area contributed by atoms with Crippen molar-refractivity contribution in [3.05, 3.63) is 70.5 Å². The molecule has 1 aliphatic heterocycles. The van der Waals surface area contributed by atoms with Crippen LogP contribution in [0.5, 0.6) is 0 Å². The van der Waals surface area contributed by atoms with Gasteiger partial charge in [-0.05, 0) is 48.9 Å². The molecule has 6 heteroatoms. The van der Waals surface area contributed by atoms with E-state index in [9.17, 15) is 13.2 Å². The topological polar surface area (TPSA) is 69.0 Å². The lowest BCUT2D eigenvalue weighted by Gasteiger charge is -2.23. The zero-order chi connectivity index (χ0) is 17.3. The minimum Gasteiger partial charge on any atom is -0.291 e. The summed E-state index contributed by atoms with van der Waals surface area (Å²) in [5.41, 5.74) is 1.88. The third kappa shape index (κ3) is 1.69. The van der Waals surface area contributed by atoms with E-state index in [-0.39, 0.29) is 15.2 Å². The zero-order valence-corrected chi connectivity index (χ0v) is 14.0. The number of benzene rings is 2. The van der Waals surface area contributed by atoms with Crippen molar-refractivity contribution in [3.8, 4) is 5.82 Å². The molecule has 0 bridgehead atoms. The lowest BCUT2D eigenvalue weighted by atomic mass is 10.1. The van der Waals surface area contributed by atoms with Crippen molar-refractivity contribution in [2.45, 2.75) is 16.7 Å². The third-order valence-corrected chi connectivity index (χ3v) is 6.45. The Morgan fingerprint density at radius 1 is 0.960 bits per heavy atom. The minimum absolute atomic E-state index is 0.144. The molecule has 0 aliphatic carbocycles. The quantitative estimate of drug-likeness (QED) is 0.404. The number of rotatable bonds is 0. The van der Waals surface area contributed by atoms with E-state index in [1.165, 1.54) is 0 Å². The molecule has 5 nitrogen and oxygen atoms in total. The molecule has 0 N–H and O–H groups in total. The van der Waals surface area contributed by atoms with Gasteiger partial charge in [-0.25, -0.2) is 13.4 Å². The molecule has 0 saturated carbocycles. The Morgan fingerprint density at radius 2 is 1.76 bits per heavy atom. The first kappa shape index (κ1) is 14.4. The number of hydrogen-bond acceptors (Lipinski definition) is 4. The summed E-state index contributed by atoms with van der Waals surface area (Å²) in [5, 5.41) is 0.930. The summed E-state index contributed by atoms with van der Waals surface area (Å²) in [6.45, 7) is 1.94. The summed E-state index contributed by atoms with van der Waals surface area (Å²) in [6.07, 6.45) is 1.56. The lowest BCUT2D eigenvalue weighted by molar-refractivity contribution is 0.594. The van der Waals surface area contributed by atoms with Crippen LogP contribution in [-0.4, -0.2) is 18.0 Å². The third-order valence-electron chi connectivity index (χ3n) is 4.65. The summed E-state index contributed by atoms with van der Waals surface area (Å²) in [4.78, 5) is 17.6. The Balaban J connectivity index is 2.23. The van der Waals surface area contributed by atoms with Crippen LogP contribution >= 0.6 is 0 Å². The maximum Gasteiger partial charge on any atom is 0.212 e. The molecule has 4 aromatic rings. The minimum atomic E-state index is -3.73. The van der Waals surface area contributed by atoms with Crippen LogP contribution in [0.15, 0.2) is 69.3 Å². The summed E-state index contributed by atoms with van der Waals surface area (Å²) in [5.74, 6) is 0.335. The molecule has 3 heterocycles. The first-order chi connectivity index (χ1) is 12.0. The van der Waals surface area contributed by atoms with Crippen LogP contribution in [0.25, 0.3) is 27.6 Å². The monoisotopic (exact) mass is 348 g/mol. The second-order valence-corrected chi connectivity index (χ2v) is 8.05. The fourth-order valence-corrected chi connectivity index (χ4v) is 5.13. The molecule has 0 unspecified atom stereocenters. The van der Waals surface area contributed by atoms with E-state index in [4.69, 9.17) is 0 Å². The number of sulfone groups is 1. The second-order valence-electron chi connectivity index (χ2n) is 6.17. The number of hydrogen-bond donors (Lipinski definition) is 0. The van der Waals surface area contributed by atoms with E-state index in [1.807, 2.05) is 19.1 Å². The smallest absolute Gasteiger partial charge is 0.212 e. The van der Waals surface area contributed by atoms with Gasteiger partial charge >= 0.3 is 0 Å². The van der Waals surface area contributed by atoms with Gasteiger partial charge in [0.2, 0.25) is 9.84 Å². The average Bonchev–Trinajstić information content (AvgIpc) is 2.61. The average molecular weight is 348 g/mol. The highest BCUT2D eigenvalue weighted by Crippen LogP contribution is 2.38. The highest BCUT2D eigenvalue weighted by molar-refractivity contribution is 7.92. The summed E-state index contributed by atoms with van der Waals surface area (Å²) in [7, 11) is -3.73. The summed E-state index contributed by atoms with van der Waals surface area (Å²) >= 11 is 0. The standard InChI is InChI=1S/C19H12N2O3S/c1-11-7-8-12-14(10-11)21-17-13(18(12)22)4-2-5-15(17)25(23,24)16-6-3-9-20-19(16)21/h2-10H,1H3. The van der Waals surface area contributed by atoms with Gasteiger partial charge in [-0.3, -0.25) is 9.36 Å². The Kier molecular flexibility index (Phi) is 2.61. The van der Waals surface area contributed by atoms with Crippen molar-refractivity contribution < 1.29 is 8.42 Å². The van der Waals surface area contributed by atoms with Gasteiger partial charge in [0.15, 0.2) is 11.2 Å². The van der Waals surface area contributed by atoms with Crippen molar-refractivity contribution in [1.82, 2.24) is 9.55 Å². The number of para-hydroxylation sites is 1. The number of pyridine rings is 2. The molecule has 2 aromatic heterocycles. The van der Waals surface area contributed by atoms with Crippen LogP contribution < -0.4 is 5.43 Å². The molecule has 5 rings (SSSR count). The molecule has 0 atom stereocenters. The zero-order valence-electron chi connectivity index (χ0n) is 13.2. The predicted octanol–water partition coefficient (Wildman–Crippen LogP) is 2.99. The van der Waals surface area contributed by atoms with Crippen molar-refractivity contribution >= 4 is 31.6 Å². The van der Waals surface area contributed by atoms with E-state index in [0.717, 1.165) is 5.56 Å². The van der Waals surface area contributed by atoms with Gasteiger partial charge in [-0.15, -0.1) is 0 Å². The van der Waals surface area contributed by atoms with Crippen LogP contribution in [0.1, 0.15) is 5.56 Å². The van der Waals surface area contributed by atoms with Crippen LogP contribution in [-0.2, 0) is 9.84 Å². The van der Waals surface area contributed by atoms with Gasteiger partial charge in [0.05, 0.1) is 15.9 Å². The Hall–Kier alpha value is -2.99. The number of fused-ring (bicyclic) bond motifs is 4. The fourth-order valence-electron chi connectivity index (χ4n) is 3.54. The lowest BCUT2D eigenvalue weighted by Crippen LogP contribution is -2.21. The largest absolute Gasteiger partial charge is 0.291 e. The number of aryl methyl sites for hydroxylation is 1. The fraction of sp³-hybridized carbons (Fsp3) is 0.0526. The molecule has 25 heavy (non-hydrogen) atoms. The molecular formula is C19H12N2O3S. The maximum absolute atomic E-state index is 13.0. The molecule has 0 amide bonds. The number of nitrogens with zero attached hydrogens (tertiary/aromatic N) is 2. The van der Waals surface area contributed by atoms with Crippen LogP contribution in [0.2, 0.25) is 0 Å². The normalized spacial score (nSPS) is 14.6. The molecule has 2 aromatic carbocycles. The van der Waals surface area contributed by atoms with Crippen molar-refractivity contribution in [1.29, 1.82) is 0 Å². The molecule has 0 fully saturated rings. The van der Waals surface area contributed by atoms with Gasteiger partial charge in [0.25, 0.3) is 0 Å². The van der Waals surface area contributed by atoms with E-state index in [1.54, 1.807) is 47.2 Å². The second kappa shape index (κ2) is 4.55. The Morgan fingerprint density at radius 3 is 2.60 bits per heavy atom. The van der Waals surface area contributed by atoms with Crippen LogP contribution in [0.4, 0.5) is 0 Å². The predicted molar refractivity (Wildman–Crippen MR) is 95.0 cm³/mol. The molecule has 0 radical (unpaired) electrons. The van der Waals surface area contributed by atoms with E-state index in [2.05, 4.69) is 4.98 Å².